The number of aromatic nitrogens is 5. The molecule has 164 valence electrons. The molecule has 0 saturated carbocycles. The number of nitrogens with zero attached hydrogens (tertiary/aromatic N) is 4. The molecule has 4 heterocycles. The average Bonchev–Trinajstić information content (AvgIpc) is 3.44. The molecular weight excluding hydrogens is 412 g/mol. The molecular formula is C26H24N6O. The summed E-state index contributed by atoms with van der Waals surface area (Å²) in [4.78, 5) is 24.4. The van der Waals surface area contributed by atoms with Crippen LogP contribution >= 0.6 is 0 Å². The molecule has 33 heavy (non-hydrogen) atoms. The Bertz CT molecular complexity index is 1400. The van der Waals surface area contributed by atoms with E-state index in [2.05, 4.69) is 49.6 Å². The molecule has 1 aromatic carbocycles. The van der Waals surface area contributed by atoms with E-state index in [1.807, 2.05) is 54.5 Å². The number of benzene rings is 1. The largest absolute Gasteiger partial charge is 0.347 e. The number of carbonyl (C=O) groups excluding carboxylic acids is 1. The molecule has 7 nitrogen and oxygen atoms in total. The maximum absolute atomic E-state index is 12.7. The van der Waals surface area contributed by atoms with Gasteiger partial charge in [-0.1, -0.05) is 24.3 Å². The number of pyridine rings is 2. The number of H-pyrrole nitrogens is 1. The van der Waals surface area contributed by atoms with Crippen LogP contribution < -0.4 is 5.32 Å². The average molecular weight is 437 g/mol. The molecule has 4 aromatic heterocycles. The van der Waals surface area contributed by atoms with Crippen LogP contribution in [0, 0.1) is 6.92 Å². The van der Waals surface area contributed by atoms with Crippen molar-refractivity contribution < 1.29 is 4.79 Å². The lowest BCUT2D eigenvalue weighted by molar-refractivity contribution is 0.0946. The van der Waals surface area contributed by atoms with Gasteiger partial charge in [0.2, 0.25) is 0 Å². The van der Waals surface area contributed by atoms with Crippen LogP contribution in [0.4, 0.5) is 0 Å². The Morgan fingerprint density at radius 2 is 1.88 bits per heavy atom. The van der Waals surface area contributed by atoms with Crippen LogP contribution in [0.1, 0.15) is 38.3 Å². The molecule has 0 atom stereocenters. The molecule has 7 heteroatoms. The number of aromatic amines is 1. The fraction of sp³-hybridized carbons (Fsp3) is 0.154. The van der Waals surface area contributed by atoms with Crippen molar-refractivity contribution in [3.8, 4) is 0 Å². The summed E-state index contributed by atoms with van der Waals surface area (Å²) in [5.41, 5.74) is 6.80. The predicted octanol–water partition coefficient (Wildman–Crippen LogP) is 4.03. The first-order valence-corrected chi connectivity index (χ1v) is 10.8. The molecule has 0 aliphatic carbocycles. The first-order valence-electron chi connectivity index (χ1n) is 10.8. The maximum atomic E-state index is 12.7. The Kier molecular flexibility index (Phi) is 5.68. The lowest BCUT2D eigenvalue weighted by Gasteiger charge is -2.07. The number of hydrogen-bond donors (Lipinski definition) is 2. The second-order valence-corrected chi connectivity index (χ2v) is 8.15. The van der Waals surface area contributed by atoms with E-state index in [9.17, 15) is 4.79 Å². The summed E-state index contributed by atoms with van der Waals surface area (Å²) < 4.78 is 1.94. The number of nitrogens with one attached hydrogen (secondary N) is 2. The van der Waals surface area contributed by atoms with Gasteiger partial charge in [-0.25, -0.2) is 4.98 Å². The first-order chi connectivity index (χ1) is 16.1. The van der Waals surface area contributed by atoms with Gasteiger partial charge in [0.1, 0.15) is 11.3 Å². The fourth-order valence-electron chi connectivity index (χ4n) is 3.87. The summed E-state index contributed by atoms with van der Waals surface area (Å²) in [5, 5.41) is 8.31. The van der Waals surface area contributed by atoms with Gasteiger partial charge in [0, 0.05) is 36.7 Å². The van der Waals surface area contributed by atoms with Gasteiger partial charge < -0.3 is 10.3 Å². The Balaban J connectivity index is 1.22. The lowest BCUT2D eigenvalue weighted by Crippen LogP contribution is -2.23. The third-order valence-electron chi connectivity index (χ3n) is 5.57. The molecule has 2 N–H and O–H groups in total. The van der Waals surface area contributed by atoms with E-state index in [-0.39, 0.29) is 5.91 Å². The second kappa shape index (κ2) is 9.08. The molecule has 5 rings (SSSR count). The van der Waals surface area contributed by atoms with Gasteiger partial charge >= 0.3 is 0 Å². The smallest absolute Gasteiger partial charge is 0.270 e. The zero-order valence-corrected chi connectivity index (χ0v) is 18.3. The number of hydrogen-bond acceptors (Lipinski definition) is 4. The maximum Gasteiger partial charge on any atom is 0.270 e. The fourth-order valence-corrected chi connectivity index (χ4v) is 3.87. The van der Waals surface area contributed by atoms with Crippen LogP contribution in [-0.4, -0.2) is 30.6 Å². The predicted molar refractivity (Wildman–Crippen MR) is 127 cm³/mol. The van der Waals surface area contributed by atoms with Crippen molar-refractivity contribution in [1.82, 2.24) is 30.0 Å². The van der Waals surface area contributed by atoms with Crippen molar-refractivity contribution >= 4 is 16.9 Å². The Hall–Kier alpha value is -4.26. The number of amides is 1. The number of rotatable bonds is 7. The van der Waals surface area contributed by atoms with Crippen molar-refractivity contribution in [3.05, 3.63) is 113 Å². The van der Waals surface area contributed by atoms with Gasteiger partial charge in [-0.3, -0.25) is 14.5 Å². The molecule has 0 aliphatic rings. The van der Waals surface area contributed by atoms with E-state index in [1.165, 1.54) is 11.1 Å². The van der Waals surface area contributed by atoms with E-state index < -0.39 is 0 Å². The van der Waals surface area contributed by atoms with Crippen LogP contribution in [0.3, 0.4) is 0 Å². The molecule has 0 saturated heterocycles. The van der Waals surface area contributed by atoms with Gasteiger partial charge in [0.25, 0.3) is 5.91 Å². The van der Waals surface area contributed by atoms with Crippen molar-refractivity contribution in [2.24, 2.45) is 0 Å². The normalized spacial score (nSPS) is 11.1. The molecule has 1 amide bonds. The van der Waals surface area contributed by atoms with E-state index in [0.29, 0.717) is 12.2 Å². The number of fused-ring (bicyclic) bond motifs is 1. The van der Waals surface area contributed by atoms with Gasteiger partial charge in [-0.05, 0) is 65.4 Å². The number of carbonyl (C=O) groups is 1. The summed E-state index contributed by atoms with van der Waals surface area (Å²) in [7, 11) is 0. The molecule has 0 fully saturated rings. The highest BCUT2D eigenvalue weighted by atomic mass is 16.1. The highest BCUT2D eigenvalue weighted by molar-refractivity contribution is 5.92. The van der Waals surface area contributed by atoms with E-state index in [4.69, 9.17) is 0 Å². The van der Waals surface area contributed by atoms with Crippen molar-refractivity contribution in [1.29, 1.82) is 0 Å². The SMILES string of the molecule is Cc1cnn(Cc2ccc(Cc3ccnc(C(=O)NCc4c[nH]c5ncccc45)c3)cc2)c1. The summed E-state index contributed by atoms with van der Waals surface area (Å²) in [6.45, 7) is 3.20. The van der Waals surface area contributed by atoms with Gasteiger partial charge in [0.15, 0.2) is 0 Å². The van der Waals surface area contributed by atoms with Crippen molar-refractivity contribution in [2.75, 3.05) is 0 Å². The number of aryl methyl sites for hydroxylation is 1. The summed E-state index contributed by atoms with van der Waals surface area (Å²) in [5.74, 6) is -0.194. The molecule has 0 aliphatic heterocycles. The van der Waals surface area contributed by atoms with Gasteiger partial charge in [-0.15, -0.1) is 0 Å². The summed E-state index contributed by atoms with van der Waals surface area (Å²) >= 11 is 0. The van der Waals surface area contributed by atoms with Crippen LogP contribution in [0.25, 0.3) is 11.0 Å². The molecule has 0 radical (unpaired) electrons. The summed E-state index contributed by atoms with van der Waals surface area (Å²) in [6.07, 6.45) is 9.94. The van der Waals surface area contributed by atoms with Crippen LogP contribution in [-0.2, 0) is 19.5 Å². The van der Waals surface area contributed by atoms with Crippen LogP contribution in [0.5, 0.6) is 0 Å². The van der Waals surface area contributed by atoms with Crippen LogP contribution in [0.2, 0.25) is 0 Å². The molecule has 0 unspecified atom stereocenters. The Morgan fingerprint density at radius 3 is 2.70 bits per heavy atom. The zero-order valence-electron chi connectivity index (χ0n) is 18.3. The Morgan fingerprint density at radius 1 is 1.03 bits per heavy atom. The lowest BCUT2D eigenvalue weighted by atomic mass is 10.0. The topological polar surface area (TPSA) is 88.5 Å². The highest BCUT2D eigenvalue weighted by Gasteiger charge is 2.10. The third-order valence-corrected chi connectivity index (χ3v) is 5.57. The standard InChI is InChI=1S/C26H24N6O/c1-18-13-31-32(16-18)17-20-6-4-19(5-7-20)11-21-8-10-27-24(12-21)26(33)30-15-22-14-29-25-23(22)3-2-9-28-25/h2-10,12-14,16H,11,15,17H2,1H3,(H,28,29)(H,30,33). The minimum absolute atomic E-state index is 0.194. The first kappa shape index (κ1) is 20.6. The van der Waals surface area contributed by atoms with Gasteiger partial charge in [0.05, 0.1) is 12.7 Å². The second-order valence-electron chi connectivity index (χ2n) is 8.15. The van der Waals surface area contributed by atoms with E-state index in [0.717, 1.165) is 40.7 Å². The van der Waals surface area contributed by atoms with Crippen LogP contribution in [0.15, 0.2) is 79.5 Å². The highest BCUT2D eigenvalue weighted by Crippen LogP contribution is 2.16. The minimum Gasteiger partial charge on any atom is -0.347 e. The van der Waals surface area contributed by atoms with Crippen molar-refractivity contribution in [3.63, 3.8) is 0 Å². The van der Waals surface area contributed by atoms with Gasteiger partial charge in [-0.2, -0.15) is 5.10 Å². The van der Waals surface area contributed by atoms with Crippen molar-refractivity contribution in [2.45, 2.75) is 26.4 Å². The minimum atomic E-state index is -0.194. The molecule has 5 aromatic rings. The van der Waals surface area contributed by atoms with E-state index >= 15 is 0 Å². The quantitative estimate of drug-likeness (QED) is 0.403. The Labute approximate surface area is 191 Å². The van der Waals surface area contributed by atoms with E-state index in [1.54, 1.807) is 12.4 Å². The molecule has 0 spiro atoms. The molecule has 0 bridgehead atoms. The monoisotopic (exact) mass is 436 g/mol. The third kappa shape index (κ3) is 4.82. The zero-order chi connectivity index (χ0) is 22.6. The summed E-state index contributed by atoms with van der Waals surface area (Å²) in [6, 6.07) is 16.2.